The maximum atomic E-state index is 12.8. The number of nitriles is 1. The molecule has 3 aromatic heterocycles. The highest BCUT2D eigenvalue weighted by Gasteiger charge is 2.39. The van der Waals surface area contributed by atoms with Gasteiger partial charge in [0, 0.05) is 22.8 Å². The highest BCUT2D eigenvalue weighted by Crippen LogP contribution is 2.36. The van der Waals surface area contributed by atoms with Crippen LogP contribution in [0.1, 0.15) is 12.5 Å². The second kappa shape index (κ2) is 8.72. The van der Waals surface area contributed by atoms with Crippen molar-refractivity contribution in [2.45, 2.75) is 24.0 Å². The van der Waals surface area contributed by atoms with Crippen LogP contribution in [0.25, 0.3) is 28.1 Å². The molecule has 34 heavy (non-hydrogen) atoms. The van der Waals surface area contributed by atoms with Gasteiger partial charge in [-0.15, -0.1) is 0 Å². The Balaban J connectivity index is 1.87. The molecule has 0 aliphatic rings. The number of aromatic nitrogens is 3. The van der Waals surface area contributed by atoms with E-state index in [4.69, 9.17) is 11.6 Å². The highest BCUT2D eigenvalue weighted by atomic mass is 35.5. The van der Waals surface area contributed by atoms with E-state index in [1.807, 2.05) is 0 Å². The zero-order valence-corrected chi connectivity index (χ0v) is 18.9. The number of rotatable bonds is 5. The van der Waals surface area contributed by atoms with Crippen molar-refractivity contribution >= 4 is 32.5 Å². The Morgan fingerprint density at radius 1 is 1.15 bits per heavy atom. The molecule has 0 amide bonds. The molecule has 0 spiro atoms. The van der Waals surface area contributed by atoms with Crippen molar-refractivity contribution in [3.63, 3.8) is 0 Å². The lowest BCUT2D eigenvalue weighted by molar-refractivity contribution is -0.147. The number of hydrogen-bond donors (Lipinski definition) is 1. The van der Waals surface area contributed by atoms with Gasteiger partial charge in [0.1, 0.15) is 22.8 Å². The van der Waals surface area contributed by atoms with Crippen LogP contribution >= 0.6 is 11.6 Å². The Morgan fingerprint density at radius 3 is 2.50 bits per heavy atom. The van der Waals surface area contributed by atoms with E-state index >= 15 is 0 Å². The predicted molar refractivity (Wildman–Crippen MR) is 120 cm³/mol. The van der Waals surface area contributed by atoms with Gasteiger partial charge in [0.15, 0.2) is 0 Å². The fraction of sp³-hybridized carbons (Fsp3) is 0.136. The molecule has 0 aliphatic heterocycles. The molecule has 4 aromatic rings. The summed E-state index contributed by atoms with van der Waals surface area (Å²) in [5.74, 6) is 0.463. The van der Waals surface area contributed by atoms with Crippen LogP contribution in [-0.2, 0) is 10.0 Å². The second-order valence-electron chi connectivity index (χ2n) is 7.28. The van der Waals surface area contributed by atoms with Gasteiger partial charge in [0.05, 0.1) is 22.5 Å². The summed E-state index contributed by atoms with van der Waals surface area (Å²) in [5.41, 5.74) is 1.39. The molecule has 0 radical (unpaired) electrons. The van der Waals surface area contributed by atoms with Crippen molar-refractivity contribution in [1.82, 2.24) is 19.3 Å². The first-order valence-electron chi connectivity index (χ1n) is 9.74. The van der Waals surface area contributed by atoms with Crippen molar-refractivity contribution in [2.75, 3.05) is 0 Å². The molecule has 3 heterocycles. The molecular weight excluding hydrogens is 491 g/mol. The van der Waals surface area contributed by atoms with Crippen LogP contribution in [0.3, 0.4) is 0 Å². The summed E-state index contributed by atoms with van der Waals surface area (Å²) in [5, 5.41) is 10.9. The minimum atomic E-state index is -4.74. The summed E-state index contributed by atoms with van der Waals surface area (Å²) in [6.45, 7) is 0.703. The number of hydrogen-bond acceptors (Lipinski definition) is 5. The van der Waals surface area contributed by atoms with E-state index in [2.05, 4.69) is 16.0 Å². The molecule has 1 N–H and O–H groups in total. The van der Waals surface area contributed by atoms with Crippen molar-refractivity contribution in [3.8, 4) is 23.3 Å². The number of sulfonamides is 1. The Hall–Kier alpha value is -3.46. The van der Waals surface area contributed by atoms with Gasteiger partial charge < -0.3 is 0 Å². The van der Waals surface area contributed by atoms with E-state index < -0.39 is 27.1 Å². The molecule has 1 unspecified atom stereocenters. The molecule has 7 nitrogen and oxygen atoms in total. The number of benzene rings is 1. The van der Waals surface area contributed by atoms with Crippen LogP contribution < -0.4 is 4.72 Å². The smallest absolute Gasteiger partial charge is 0.291 e. The average molecular weight is 506 g/mol. The summed E-state index contributed by atoms with van der Waals surface area (Å²) in [4.78, 5) is 8.06. The summed E-state index contributed by atoms with van der Waals surface area (Å²) in [6, 6.07) is 12.5. The number of nitrogens with one attached hydrogen (secondary N) is 1. The third kappa shape index (κ3) is 4.35. The van der Waals surface area contributed by atoms with E-state index in [-0.39, 0.29) is 11.3 Å². The fourth-order valence-corrected chi connectivity index (χ4v) is 4.73. The third-order valence-corrected chi connectivity index (χ3v) is 6.79. The minimum Gasteiger partial charge on any atom is -0.291 e. The quantitative estimate of drug-likeness (QED) is 0.418. The Morgan fingerprint density at radius 2 is 1.91 bits per heavy atom. The van der Waals surface area contributed by atoms with Crippen molar-refractivity contribution in [1.29, 1.82) is 5.26 Å². The second-order valence-corrected chi connectivity index (χ2v) is 9.43. The highest BCUT2D eigenvalue weighted by molar-refractivity contribution is 7.89. The van der Waals surface area contributed by atoms with E-state index in [1.165, 1.54) is 6.07 Å². The van der Waals surface area contributed by atoms with E-state index in [0.717, 1.165) is 12.3 Å². The summed E-state index contributed by atoms with van der Waals surface area (Å²) in [6.07, 6.45) is -2.24. The molecule has 0 fully saturated rings. The summed E-state index contributed by atoms with van der Waals surface area (Å²) < 4.78 is 66.5. The molecular formula is C22H15ClF3N5O2S. The van der Waals surface area contributed by atoms with E-state index in [1.54, 1.807) is 51.9 Å². The maximum absolute atomic E-state index is 12.8. The molecule has 0 bridgehead atoms. The molecule has 0 aliphatic carbocycles. The van der Waals surface area contributed by atoms with Gasteiger partial charge in [0.25, 0.3) is 0 Å². The lowest BCUT2D eigenvalue weighted by Crippen LogP contribution is -2.42. The maximum Gasteiger partial charge on any atom is 0.404 e. The molecule has 174 valence electrons. The first-order chi connectivity index (χ1) is 16.0. The topological polar surface area (TPSA) is 101 Å². The third-order valence-electron chi connectivity index (χ3n) is 5.03. The number of nitrogens with zero attached hydrogens (tertiary/aromatic N) is 4. The summed E-state index contributed by atoms with van der Waals surface area (Å²) in [7, 11) is -4.48. The fourth-order valence-electron chi connectivity index (χ4n) is 3.39. The SMILES string of the molecule is CC(NS(=O)(=O)c1ccc(-c2c(C#N)c3ccc(Cl)cc3n2-c2ccccn2)nc1)C(F)(F)F. The van der Waals surface area contributed by atoms with Gasteiger partial charge in [-0.3, -0.25) is 9.55 Å². The van der Waals surface area contributed by atoms with E-state index in [9.17, 15) is 26.9 Å². The van der Waals surface area contributed by atoms with Crippen LogP contribution in [0.2, 0.25) is 5.02 Å². The average Bonchev–Trinajstić information content (AvgIpc) is 3.12. The number of pyridine rings is 2. The summed E-state index contributed by atoms with van der Waals surface area (Å²) >= 11 is 6.19. The van der Waals surface area contributed by atoms with E-state index in [0.29, 0.717) is 34.4 Å². The zero-order chi connectivity index (χ0) is 24.7. The molecule has 1 atom stereocenters. The van der Waals surface area contributed by atoms with Crippen LogP contribution in [0.4, 0.5) is 13.2 Å². The standard InChI is InChI=1S/C22H15ClF3N5O2S/c1-13(22(24,25)26)30-34(32,33)15-6-8-18(29-12-15)21-17(11-27)16-7-5-14(23)10-19(16)31(21)20-4-2-3-9-28-20/h2-10,12-13,30H,1H3. The first kappa shape index (κ1) is 23.7. The van der Waals surface area contributed by atoms with Gasteiger partial charge in [-0.25, -0.2) is 13.4 Å². The molecule has 0 saturated heterocycles. The van der Waals surface area contributed by atoms with Gasteiger partial charge in [0.2, 0.25) is 10.0 Å². The van der Waals surface area contributed by atoms with Gasteiger partial charge in [-0.05, 0) is 49.4 Å². The number of halogens is 4. The molecule has 4 rings (SSSR count). The van der Waals surface area contributed by atoms with Gasteiger partial charge in [-0.1, -0.05) is 17.7 Å². The van der Waals surface area contributed by atoms with Crippen molar-refractivity contribution in [3.05, 3.63) is 71.5 Å². The molecule has 0 saturated carbocycles. The van der Waals surface area contributed by atoms with Crippen LogP contribution in [0.15, 0.2) is 65.8 Å². The van der Waals surface area contributed by atoms with Crippen LogP contribution in [-0.4, -0.2) is 35.2 Å². The zero-order valence-electron chi connectivity index (χ0n) is 17.4. The van der Waals surface area contributed by atoms with Gasteiger partial charge in [-0.2, -0.15) is 23.2 Å². The number of alkyl halides is 3. The Kier molecular flexibility index (Phi) is 6.07. The van der Waals surface area contributed by atoms with Crippen LogP contribution in [0, 0.1) is 11.3 Å². The Labute approximate surface area is 197 Å². The monoisotopic (exact) mass is 505 g/mol. The predicted octanol–water partition coefficient (Wildman–Crippen LogP) is 4.84. The number of fused-ring (bicyclic) bond motifs is 1. The van der Waals surface area contributed by atoms with Crippen molar-refractivity contribution in [2.24, 2.45) is 0 Å². The molecule has 1 aromatic carbocycles. The van der Waals surface area contributed by atoms with Crippen molar-refractivity contribution < 1.29 is 21.6 Å². The first-order valence-corrected chi connectivity index (χ1v) is 11.6. The van der Waals surface area contributed by atoms with Crippen LogP contribution in [0.5, 0.6) is 0 Å². The minimum absolute atomic E-state index is 0.220. The Bertz CT molecular complexity index is 1510. The normalized spacial score (nSPS) is 13.1. The molecule has 12 heteroatoms. The lowest BCUT2D eigenvalue weighted by atomic mass is 10.1. The van der Waals surface area contributed by atoms with Gasteiger partial charge >= 0.3 is 6.18 Å². The largest absolute Gasteiger partial charge is 0.404 e. The lowest BCUT2D eigenvalue weighted by Gasteiger charge is -2.17.